The number of amides is 1. The lowest BCUT2D eigenvalue weighted by atomic mass is 9.98. The lowest BCUT2D eigenvalue weighted by Crippen LogP contribution is -2.48. The van der Waals surface area contributed by atoms with Crippen molar-refractivity contribution in [2.75, 3.05) is 5.75 Å². The van der Waals surface area contributed by atoms with Gasteiger partial charge in [0.05, 0.1) is 11.4 Å². The number of carbonyl (C=O) groups is 1. The van der Waals surface area contributed by atoms with Crippen LogP contribution in [-0.2, 0) is 4.79 Å². The number of likely N-dealkylation sites (tertiary alicyclic amines) is 1. The number of hydrogen-bond acceptors (Lipinski definition) is 4. The molecule has 1 aromatic heterocycles. The van der Waals surface area contributed by atoms with Gasteiger partial charge >= 0.3 is 0 Å². The molecule has 4 rings (SSSR count). The summed E-state index contributed by atoms with van der Waals surface area (Å²) in [5.74, 6) is 1.22. The molecule has 5 nitrogen and oxygen atoms in total. The zero-order valence-electron chi connectivity index (χ0n) is 19.0. The first-order chi connectivity index (χ1) is 15.3. The maximum absolute atomic E-state index is 13.1. The van der Waals surface area contributed by atoms with Crippen molar-refractivity contribution in [3.63, 3.8) is 0 Å². The van der Waals surface area contributed by atoms with Gasteiger partial charge in [-0.25, -0.2) is 0 Å². The summed E-state index contributed by atoms with van der Waals surface area (Å²) in [5.41, 5.74) is 4.17. The van der Waals surface area contributed by atoms with Crippen molar-refractivity contribution in [1.82, 2.24) is 19.7 Å². The van der Waals surface area contributed by atoms with Crippen LogP contribution in [0.4, 0.5) is 0 Å². The van der Waals surface area contributed by atoms with Crippen LogP contribution in [0.25, 0.3) is 17.1 Å². The number of aryl methyl sites for hydroxylation is 2. The second-order valence-electron chi connectivity index (χ2n) is 8.66. The Morgan fingerprint density at radius 1 is 1.09 bits per heavy atom. The van der Waals surface area contributed by atoms with Crippen molar-refractivity contribution in [1.29, 1.82) is 0 Å². The van der Waals surface area contributed by atoms with Gasteiger partial charge < -0.3 is 4.90 Å². The molecule has 1 fully saturated rings. The van der Waals surface area contributed by atoms with Crippen LogP contribution in [0.2, 0.25) is 5.02 Å². The molecule has 3 aromatic rings. The Morgan fingerprint density at radius 2 is 1.84 bits per heavy atom. The molecule has 0 unspecified atom stereocenters. The van der Waals surface area contributed by atoms with Gasteiger partial charge in [0.1, 0.15) is 0 Å². The zero-order valence-corrected chi connectivity index (χ0v) is 20.6. The standard InChI is InChI=1S/C25H29ClN4OS/c1-16-11-12-17(2)22(13-16)30-24(20-9-6-10-21(26)14-20)27-28-25(30)32-15-23(31)29-18(3)7-5-8-19(29)4/h6,9-14,18-19H,5,7-8,15H2,1-4H3/t18-,19-/m1/s1. The van der Waals surface area contributed by atoms with E-state index in [1.807, 2.05) is 29.2 Å². The Hall–Kier alpha value is -2.31. The zero-order chi connectivity index (χ0) is 22.8. The lowest BCUT2D eigenvalue weighted by Gasteiger charge is -2.39. The SMILES string of the molecule is Cc1ccc(C)c(-n2c(SCC(=O)N3[C@H](C)CCC[C@H]3C)nnc2-c2cccc(Cl)c2)c1. The van der Waals surface area contributed by atoms with E-state index < -0.39 is 0 Å². The van der Waals surface area contributed by atoms with E-state index in [0.717, 1.165) is 41.0 Å². The van der Waals surface area contributed by atoms with Crippen molar-refractivity contribution in [3.05, 3.63) is 58.6 Å². The summed E-state index contributed by atoms with van der Waals surface area (Å²) in [6.07, 6.45) is 3.32. The molecular weight excluding hydrogens is 440 g/mol. The summed E-state index contributed by atoms with van der Waals surface area (Å²) >= 11 is 7.71. The van der Waals surface area contributed by atoms with Gasteiger partial charge in [-0.1, -0.05) is 47.6 Å². The summed E-state index contributed by atoms with van der Waals surface area (Å²) in [6, 6.07) is 14.5. The Bertz CT molecular complexity index is 1120. The quantitative estimate of drug-likeness (QED) is 0.425. The van der Waals surface area contributed by atoms with Crippen LogP contribution in [-0.4, -0.2) is 43.4 Å². The highest BCUT2D eigenvalue weighted by atomic mass is 35.5. The highest BCUT2D eigenvalue weighted by molar-refractivity contribution is 7.99. The smallest absolute Gasteiger partial charge is 0.233 e. The van der Waals surface area contributed by atoms with E-state index in [-0.39, 0.29) is 18.0 Å². The number of aromatic nitrogens is 3. The average Bonchev–Trinajstić information content (AvgIpc) is 3.17. The first kappa shape index (κ1) is 22.9. The fourth-order valence-electron chi connectivity index (χ4n) is 4.47. The van der Waals surface area contributed by atoms with Gasteiger partial charge in [-0.05, 0) is 76.3 Å². The Morgan fingerprint density at radius 3 is 2.56 bits per heavy atom. The van der Waals surface area contributed by atoms with Crippen LogP contribution in [0, 0.1) is 13.8 Å². The molecule has 1 saturated heterocycles. The van der Waals surface area contributed by atoms with E-state index in [0.29, 0.717) is 15.9 Å². The highest BCUT2D eigenvalue weighted by Crippen LogP contribution is 2.32. The molecule has 0 saturated carbocycles. The van der Waals surface area contributed by atoms with Gasteiger partial charge in [0.2, 0.25) is 5.91 Å². The van der Waals surface area contributed by atoms with E-state index in [4.69, 9.17) is 11.6 Å². The number of halogens is 1. The first-order valence-electron chi connectivity index (χ1n) is 11.1. The molecular formula is C25H29ClN4OS. The largest absolute Gasteiger partial charge is 0.337 e. The van der Waals surface area contributed by atoms with Gasteiger partial charge in [0, 0.05) is 22.7 Å². The molecule has 0 aliphatic carbocycles. The second-order valence-corrected chi connectivity index (χ2v) is 10.0. The number of hydrogen-bond donors (Lipinski definition) is 0. The van der Waals surface area contributed by atoms with Crippen LogP contribution < -0.4 is 0 Å². The molecule has 0 N–H and O–H groups in total. The minimum Gasteiger partial charge on any atom is -0.337 e. The fourth-order valence-corrected chi connectivity index (χ4v) is 5.47. The Balaban J connectivity index is 1.69. The van der Waals surface area contributed by atoms with Crippen LogP contribution in [0.5, 0.6) is 0 Å². The van der Waals surface area contributed by atoms with Gasteiger partial charge in [0.15, 0.2) is 11.0 Å². The fraction of sp³-hybridized carbons (Fsp3) is 0.400. The van der Waals surface area contributed by atoms with Crippen molar-refractivity contribution in [2.45, 2.75) is 64.2 Å². The maximum Gasteiger partial charge on any atom is 0.233 e. The van der Waals surface area contributed by atoms with Gasteiger partial charge in [-0.15, -0.1) is 10.2 Å². The highest BCUT2D eigenvalue weighted by Gasteiger charge is 2.29. The molecule has 1 aliphatic heterocycles. The van der Waals surface area contributed by atoms with E-state index in [9.17, 15) is 4.79 Å². The minimum atomic E-state index is 0.162. The van der Waals surface area contributed by atoms with E-state index in [2.05, 4.69) is 60.7 Å². The van der Waals surface area contributed by atoms with Crippen LogP contribution >= 0.6 is 23.4 Å². The van der Waals surface area contributed by atoms with Gasteiger partial charge in [0.25, 0.3) is 0 Å². The number of rotatable bonds is 5. The third kappa shape index (κ3) is 4.71. The normalized spacial score (nSPS) is 18.7. The molecule has 0 spiro atoms. The third-order valence-electron chi connectivity index (χ3n) is 6.13. The molecule has 168 valence electrons. The number of thioether (sulfide) groups is 1. The molecule has 2 aromatic carbocycles. The van der Waals surface area contributed by atoms with Gasteiger partial charge in [-0.3, -0.25) is 9.36 Å². The predicted octanol–water partition coefficient (Wildman–Crippen LogP) is 6.09. The molecule has 0 radical (unpaired) electrons. The Labute approximate surface area is 199 Å². The third-order valence-corrected chi connectivity index (χ3v) is 7.28. The summed E-state index contributed by atoms with van der Waals surface area (Å²) in [7, 11) is 0. The Kier molecular flexibility index (Phi) is 6.91. The van der Waals surface area contributed by atoms with Crippen molar-refractivity contribution < 1.29 is 4.79 Å². The van der Waals surface area contributed by atoms with Crippen molar-refractivity contribution in [2.24, 2.45) is 0 Å². The summed E-state index contributed by atoms with van der Waals surface area (Å²) < 4.78 is 2.05. The van der Waals surface area contributed by atoms with Crippen molar-refractivity contribution >= 4 is 29.3 Å². The molecule has 7 heteroatoms. The minimum absolute atomic E-state index is 0.162. The van der Waals surface area contributed by atoms with Crippen molar-refractivity contribution in [3.8, 4) is 17.1 Å². The first-order valence-corrected chi connectivity index (χ1v) is 12.4. The van der Waals surface area contributed by atoms with Gasteiger partial charge in [-0.2, -0.15) is 0 Å². The number of carbonyl (C=O) groups excluding carboxylic acids is 1. The molecule has 32 heavy (non-hydrogen) atoms. The van der Waals surface area contributed by atoms with E-state index in [1.165, 1.54) is 18.2 Å². The number of piperidine rings is 1. The summed E-state index contributed by atoms with van der Waals surface area (Å²) in [5, 5.41) is 10.3. The summed E-state index contributed by atoms with van der Waals surface area (Å²) in [4.78, 5) is 15.2. The average molecular weight is 469 g/mol. The van der Waals surface area contributed by atoms with Crippen LogP contribution in [0.1, 0.15) is 44.2 Å². The monoisotopic (exact) mass is 468 g/mol. The molecule has 1 aliphatic rings. The maximum atomic E-state index is 13.1. The topological polar surface area (TPSA) is 51.0 Å². The molecule has 0 bridgehead atoms. The number of benzene rings is 2. The van der Waals surface area contributed by atoms with E-state index in [1.54, 1.807) is 0 Å². The van der Waals surface area contributed by atoms with Crippen LogP contribution in [0.3, 0.4) is 0 Å². The number of nitrogens with zero attached hydrogens (tertiary/aromatic N) is 4. The van der Waals surface area contributed by atoms with Crippen LogP contribution in [0.15, 0.2) is 47.6 Å². The summed E-state index contributed by atoms with van der Waals surface area (Å²) in [6.45, 7) is 8.44. The predicted molar refractivity (Wildman–Crippen MR) is 132 cm³/mol. The second kappa shape index (κ2) is 9.67. The lowest BCUT2D eigenvalue weighted by molar-refractivity contribution is -0.134. The molecule has 1 amide bonds. The molecule has 2 heterocycles. The molecule has 2 atom stereocenters. The van der Waals surface area contributed by atoms with E-state index >= 15 is 0 Å².